The summed E-state index contributed by atoms with van der Waals surface area (Å²) in [4.78, 5) is 14.9. The van der Waals surface area contributed by atoms with Crippen molar-refractivity contribution in [2.75, 3.05) is 0 Å². The summed E-state index contributed by atoms with van der Waals surface area (Å²) in [5, 5.41) is 9.03. The van der Waals surface area contributed by atoms with E-state index in [1.807, 2.05) is 0 Å². The van der Waals surface area contributed by atoms with Crippen LogP contribution >= 0.6 is 0 Å². The Morgan fingerprint density at radius 3 is 2.72 bits per heavy atom. The predicted molar refractivity (Wildman–Crippen MR) is 67.5 cm³/mol. The second-order valence-corrected chi connectivity index (χ2v) is 4.74. The van der Waals surface area contributed by atoms with Crippen LogP contribution in [0.2, 0.25) is 0 Å². The topological polar surface area (TPSA) is 59.4 Å². The second kappa shape index (κ2) is 6.50. The minimum Gasteiger partial charge on any atom is -0.477 e. The Hall–Kier alpha value is -1.42. The molecule has 0 amide bonds. The monoisotopic (exact) mass is 249 g/mol. The number of rotatable bonds is 4. The smallest absolute Gasteiger partial charge is 0.354 e. The van der Waals surface area contributed by atoms with E-state index in [0.717, 1.165) is 12.8 Å². The van der Waals surface area contributed by atoms with Crippen LogP contribution in [-0.2, 0) is 11.3 Å². The van der Waals surface area contributed by atoms with E-state index >= 15 is 0 Å². The van der Waals surface area contributed by atoms with Gasteiger partial charge in [0.05, 0.1) is 12.7 Å². The number of aromatic carboxylic acids is 1. The molecule has 1 N–H and O–H groups in total. The van der Waals surface area contributed by atoms with Crippen LogP contribution in [0.3, 0.4) is 0 Å². The van der Waals surface area contributed by atoms with Crippen LogP contribution < -0.4 is 0 Å². The summed E-state index contributed by atoms with van der Waals surface area (Å²) < 4.78 is 5.84. The lowest BCUT2D eigenvalue weighted by atomic mass is 10.1. The Kier molecular flexibility index (Phi) is 4.70. The molecule has 98 valence electrons. The number of carboxylic acid groups (broad SMARTS) is 1. The first-order chi connectivity index (χ1) is 8.77. The normalized spacial score (nSPS) is 17.3. The van der Waals surface area contributed by atoms with Crippen LogP contribution in [0.5, 0.6) is 0 Å². The molecular formula is C14H19NO3. The summed E-state index contributed by atoms with van der Waals surface area (Å²) in [5.74, 6) is -0.991. The number of carbonyl (C=O) groups is 1. The van der Waals surface area contributed by atoms with Crippen molar-refractivity contribution in [2.45, 2.75) is 51.2 Å². The lowest BCUT2D eigenvalue weighted by molar-refractivity contribution is 0.0297. The molecule has 0 atom stereocenters. The summed E-state index contributed by atoms with van der Waals surface area (Å²) in [5.41, 5.74) is 0.764. The molecule has 0 unspecified atom stereocenters. The molecule has 0 bridgehead atoms. The molecule has 1 aromatic heterocycles. The Bertz CT molecular complexity index is 398. The maximum atomic E-state index is 11.0. The summed E-state index contributed by atoms with van der Waals surface area (Å²) >= 11 is 0. The van der Waals surface area contributed by atoms with Crippen LogP contribution in [-0.4, -0.2) is 22.2 Å². The maximum Gasteiger partial charge on any atom is 0.354 e. The summed E-state index contributed by atoms with van der Waals surface area (Å²) in [6.07, 6.45) is 8.94. The fourth-order valence-electron chi connectivity index (χ4n) is 2.36. The number of nitrogens with zero attached hydrogens (tertiary/aromatic N) is 1. The van der Waals surface area contributed by atoms with Crippen molar-refractivity contribution in [3.05, 3.63) is 29.6 Å². The largest absolute Gasteiger partial charge is 0.477 e. The lowest BCUT2D eigenvalue weighted by Gasteiger charge is -2.15. The molecule has 1 aromatic rings. The average molecular weight is 249 g/mol. The SMILES string of the molecule is O=C(O)c1ncccc1COC1CCCCCC1. The van der Waals surface area contributed by atoms with E-state index in [4.69, 9.17) is 9.84 Å². The second-order valence-electron chi connectivity index (χ2n) is 4.74. The molecule has 4 nitrogen and oxygen atoms in total. The van der Waals surface area contributed by atoms with E-state index in [-0.39, 0.29) is 11.8 Å². The highest BCUT2D eigenvalue weighted by molar-refractivity contribution is 5.86. The molecule has 0 aliphatic heterocycles. The zero-order valence-corrected chi connectivity index (χ0v) is 10.5. The Morgan fingerprint density at radius 1 is 1.33 bits per heavy atom. The van der Waals surface area contributed by atoms with Crippen LogP contribution in [0.4, 0.5) is 0 Å². The highest BCUT2D eigenvalue weighted by Crippen LogP contribution is 2.21. The van der Waals surface area contributed by atoms with Crippen molar-refractivity contribution >= 4 is 5.97 Å². The summed E-state index contributed by atoms with van der Waals surface area (Å²) in [6, 6.07) is 3.52. The van der Waals surface area contributed by atoms with Gasteiger partial charge in [-0.05, 0) is 18.9 Å². The van der Waals surface area contributed by atoms with Gasteiger partial charge >= 0.3 is 5.97 Å². The van der Waals surface area contributed by atoms with Crippen molar-refractivity contribution in [1.82, 2.24) is 4.98 Å². The molecule has 1 fully saturated rings. The predicted octanol–water partition coefficient (Wildman–Crippen LogP) is 3.02. The fourth-order valence-corrected chi connectivity index (χ4v) is 2.36. The molecule has 1 saturated carbocycles. The number of ether oxygens (including phenoxy) is 1. The van der Waals surface area contributed by atoms with E-state index in [1.54, 1.807) is 12.1 Å². The quantitative estimate of drug-likeness (QED) is 0.833. The number of carboxylic acids is 1. The van der Waals surface area contributed by atoms with Gasteiger partial charge in [-0.1, -0.05) is 31.7 Å². The standard InChI is InChI=1S/C14H19NO3/c16-14(17)13-11(6-5-9-15-13)10-18-12-7-3-1-2-4-8-12/h5-6,9,12H,1-4,7-8,10H2,(H,16,17). The summed E-state index contributed by atoms with van der Waals surface area (Å²) in [7, 11) is 0. The van der Waals surface area contributed by atoms with Crippen molar-refractivity contribution < 1.29 is 14.6 Å². The van der Waals surface area contributed by atoms with Crippen LogP contribution in [0.1, 0.15) is 54.6 Å². The highest BCUT2D eigenvalue weighted by Gasteiger charge is 2.15. The molecule has 0 saturated heterocycles. The number of hydrogen-bond acceptors (Lipinski definition) is 3. The third kappa shape index (κ3) is 3.53. The first-order valence-corrected chi connectivity index (χ1v) is 6.56. The molecule has 4 heteroatoms. The molecule has 0 aromatic carbocycles. The van der Waals surface area contributed by atoms with E-state index < -0.39 is 5.97 Å². The van der Waals surface area contributed by atoms with Crippen LogP contribution in [0.25, 0.3) is 0 Å². The third-order valence-corrected chi connectivity index (χ3v) is 3.37. The minimum absolute atomic E-state index is 0.103. The van der Waals surface area contributed by atoms with E-state index in [9.17, 15) is 4.79 Å². The van der Waals surface area contributed by atoms with Gasteiger partial charge in [0.15, 0.2) is 5.69 Å². The molecule has 1 aliphatic rings. The Balaban J connectivity index is 1.94. The van der Waals surface area contributed by atoms with Crippen molar-refractivity contribution in [3.63, 3.8) is 0 Å². The Morgan fingerprint density at radius 2 is 2.06 bits per heavy atom. The molecule has 0 radical (unpaired) electrons. The van der Waals surface area contributed by atoms with Crippen LogP contribution in [0.15, 0.2) is 18.3 Å². The van der Waals surface area contributed by atoms with E-state index in [1.165, 1.54) is 31.9 Å². The van der Waals surface area contributed by atoms with E-state index in [0.29, 0.717) is 12.2 Å². The van der Waals surface area contributed by atoms with Gasteiger partial charge < -0.3 is 9.84 Å². The van der Waals surface area contributed by atoms with Crippen molar-refractivity contribution in [3.8, 4) is 0 Å². The molecule has 2 rings (SSSR count). The van der Waals surface area contributed by atoms with Crippen molar-refractivity contribution in [2.24, 2.45) is 0 Å². The molecule has 1 heterocycles. The van der Waals surface area contributed by atoms with Gasteiger partial charge in [-0.3, -0.25) is 0 Å². The van der Waals surface area contributed by atoms with Gasteiger partial charge in [-0.15, -0.1) is 0 Å². The van der Waals surface area contributed by atoms with Gasteiger partial charge in [0, 0.05) is 11.8 Å². The third-order valence-electron chi connectivity index (χ3n) is 3.37. The van der Waals surface area contributed by atoms with Gasteiger partial charge in [-0.25, -0.2) is 9.78 Å². The number of aromatic nitrogens is 1. The zero-order chi connectivity index (χ0) is 12.8. The number of hydrogen-bond donors (Lipinski definition) is 1. The first kappa shape index (κ1) is 13.0. The summed E-state index contributed by atoms with van der Waals surface area (Å²) in [6.45, 7) is 0.347. The lowest BCUT2D eigenvalue weighted by Crippen LogP contribution is -2.14. The minimum atomic E-state index is -0.991. The van der Waals surface area contributed by atoms with Gasteiger partial charge in [0.1, 0.15) is 0 Å². The fraction of sp³-hybridized carbons (Fsp3) is 0.571. The zero-order valence-electron chi connectivity index (χ0n) is 10.5. The average Bonchev–Trinajstić information content (AvgIpc) is 2.65. The first-order valence-electron chi connectivity index (χ1n) is 6.56. The highest BCUT2D eigenvalue weighted by atomic mass is 16.5. The van der Waals surface area contributed by atoms with Crippen molar-refractivity contribution in [1.29, 1.82) is 0 Å². The van der Waals surface area contributed by atoms with Gasteiger partial charge in [-0.2, -0.15) is 0 Å². The number of pyridine rings is 1. The molecule has 1 aliphatic carbocycles. The van der Waals surface area contributed by atoms with E-state index in [2.05, 4.69) is 4.98 Å². The van der Waals surface area contributed by atoms with Gasteiger partial charge in [0.25, 0.3) is 0 Å². The van der Waals surface area contributed by atoms with Crippen LogP contribution in [0, 0.1) is 0 Å². The molecule has 18 heavy (non-hydrogen) atoms. The molecular weight excluding hydrogens is 230 g/mol. The Labute approximate surface area is 107 Å². The molecule has 0 spiro atoms. The van der Waals surface area contributed by atoms with Gasteiger partial charge in [0.2, 0.25) is 0 Å². The maximum absolute atomic E-state index is 11.0.